The average molecular weight is 286 g/mol. The lowest BCUT2D eigenvalue weighted by Gasteiger charge is -2.53. The normalized spacial score (nSPS) is 49.2. The second-order valence-corrected chi connectivity index (χ2v) is 8.11. The van der Waals surface area contributed by atoms with Gasteiger partial charge in [0.15, 0.2) is 5.78 Å². The van der Waals surface area contributed by atoms with Crippen LogP contribution >= 0.6 is 0 Å². The number of aliphatic hydroxyl groups excluding tert-OH is 1. The third-order valence-electron chi connectivity index (χ3n) is 7.23. The van der Waals surface area contributed by atoms with Crippen molar-refractivity contribution in [3.63, 3.8) is 0 Å². The summed E-state index contributed by atoms with van der Waals surface area (Å²) in [6.45, 7) is 6.41. The van der Waals surface area contributed by atoms with Crippen molar-refractivity contribution in [1.82, 2.24) is 0 Å². The Hall–Kier alpha value is -0.890. The molecule has 3 saturated carbocycles. The predicted molar refractivity (Wildman–Crippen MR) is 82.6 cm³/mol. The van der Waals surface area contributed by atoms with E-state index in [1.165, 1.54) is 18.4 Å². The van der Waals surface area contributed by atoms with Gasteiger partial charge in [-0.3, -0.25) is 4.79 Å². The Bertz CT molecular complexity index is 532. The Kier molecular flexibility index (Phi) is 2.98. The fourth-order valence-electron chi connectivity index (χ4n) is 6.11. The summed E-state index contributed by atoms with van der Waals surface area (Å²) in [7, 11) is 0. The van der Waals surface area contributed by atoms with E-state index in [9.17, 15) is 9.90 Å². The van der Waals surface area contributed by atoms with Gasteiger partial charge in [0.1, 0.15) is 0 Å². The lowest BCUT2D eigenvalue weighted by Crippen LogP contribution is -2.47. The largest absolute Gasteiger partial charge is 0.388 e. The van der Waals surface area contributed by atoms with Crippen LogP contribution in [0.15, 0.2) is 23.8 Å². The zero-order valence-electron chi connectivity index (χ0n) is 13.0. The molecule has 0 radical (unpaired) electrons. The van der Waals surface area contributed by atoms with Crippen LogP contribution in [-0.2, 0) is 4.79 Å². The molecule has 2 heteroatoms. The van der Waals surface area contributed by atoms with Crippen LogP contribution in [0.2, 0.25) is 0 Å². The summed E-state index contributed by atoms with van der Waals surface area (Å²) in [5.74, 6) is 3.07. The lowest BCUT2D eigenvalue weighted by atomic mass is 9.52. The quantitative estimate of drug-likeness (QED) is 0.690. The van der Waals surface area contributed by atoms with Gasteiger partial charge in [-0.15, -0.1) is 0 Å². The van der Waals surface area contributed by atoms with E-state index in [1.807, 2.05) is 6.08 Å². The van der Waals surface area contributed by atoms with Gasteiger partial charge in [-0.05, 0) is 73.8 Å². The number of carbonyl (C=O) groups excluding carboxylic acids is 1. The van der Waals surface area contributed by atoms with Crippen LogP contribution in [0.3, 0.4) is 0 Å². The maximum Gasteiger partial charge on any atom is 0.155 e. The highest BCUT2D eigenvalue weighted by Crippen LogP contribution is 2.62. The highest BCUT2D eigenvalue weighted by atomic mass is 16.3. The first kappa shape index (κ1) is 13.8. The topological polar surface area (TPSA) is 37.3 Å². The fraction of sp³-hybridized carbons (Fsp3) is 0.737. The van der Waals surface area contributed by atoms with Crippen LogP contribution in [0.1, 0.15) is 51.9 Å². The number of hydrogen-bond donors (Lipinski definition) is 1. The van der Waals surface area contributed by atoms with Crippen molar-refractivity contribution in [2.24, 2.45) is 29.1 Å². The van der Waals surface area contributed by atoms with Gasteiger partial charge in [0.05, 0.1) is 6.10 Å². The van der Waals surface area contributed by atoms with E-state index >= 15 is 0 Å². The van der Waals surface area contributed by atoms with Gasteiger partial charge in [-0.2, -0.15) is 0 Å². The molecule has 0 unspecified atom stereocenters. The molecule has 0 aromatic rings. The zero-order valence-corrected chi connectivity index (χ0v) is 13.0. The lowest BCUT2D eigenvalue weighted by molar-refractivity contribution is -0.116. The minimum atomic E-state index is -0.298. The molecule has 0 heterocycles. The molecule has 0 aromatic heterocycles. The molecule has 0 spiro atoms. The molecule has 114 valence electrons. The number of aliphatic hydroxyl groups is 1. The number of carbonyl (C=O) groups is 1. The average Bonchev–Trinajstić information content (AvgIpc) is 2.70. The van der Waals surface area contributed by atoms with E-state index in [4.69, 9.17) is 0 Å². The van der Waals surface area contributed by atoms with E-state index in [-0.39, 0.29) is 11.5 Å². The van der Waals surface area contributed by atoms with Crippen molar-refractivity contribution in [1.29, 1.82) is 0 Å². The molecule has 4 aliphatic rings. The molecule has 0 amide bonds. The summed E-state index contributed by atoms with van der Waals surface area (Å²) in [5, 5.41) is 10.6. The van der Waals surface area contributed by atoms with Crippen molar-refractivity contribution < 1.29 is 9.90 Å². The van der Waals surface area contributed by atoms with E-state index in [0.717, 1.165) is 49.5 Å². The zero-order chi connectivity index (χ0) is 14.8. The van der Waals surface area contributed by atoms with E-state index in [0.29, 0.717) is 17.6 Å². The number of ketones is 1. The predicted octanol–water partition coefficient (Wildman–Crippen LogP) is 3.66. The molecule has 6 atom stereocenters. The summed E-state index contributed by atoms with van der Waals surface area (Å²) in [4.78, 5) is 11.7. The highest BCUT2D eigenvalue weighted by molar-refractivity contribution is 5.91. The first-order chi connectivity index (χ1) is 10.0. The van der Waals surface area contributed by atoms with Crippen LogP contribution in [0.25, 0.3) is 0 Å². The van der Waals surface area contributed by atoms with Crippen LogP contribution in [0.5, 0.6) is 0 Å². The van der Waals surface area contributed by atoms with Crippen LogP contribution in [-0.4, -0.2) is 17.0 Å². The Labute approximate surface area is 127 Å². The number of hydrogen-bond acceptors (Lipinski definition) is 2. The van der Waals surface area contributed by atoms with E-state index in [1.54, 1.807) is 0 Å². The molecule has 1 N–H and O–H groups in total. The molecular formula is C19H26O2. The second-order valence-electron chi connectivity index (χ2n) is 8.11. The standard InChI is InChI=1S/C19H26O2/c1-11-9-17-16-5-3-12-10-13(20)4-6-14(12)15(16)7-8-19(17,2)18(11)21/h10,14-18,21H,1,3-9H2,2H3/t14-,15+,16+,17-,18-,19-/m0/s1. The minimum absolute atomic E-state index is 0.0595. The molecule has 3 fully saturated rings. The van der Waals surface area contributed by atoms with Crippen molar-refractivity contribution in [2.45, 2.75) is 58.0 Å². The molecule has 2 nitrogen and oxygen atoms in total. The van der Waals surface area contributed by atoms with Crippen molar-refractivity contribution in [3.8, 4) is 0 Å². The molecule has 4 aliphatic carbocycles. The first-order valence-corrected chi connectivity index (χ1v) is 8.60. The number of allylic oxidation sites excluding steroid dienone is 1. The monoisotopic (exact) mass is 286 g/mol. The van der Waals surface area contributed by atoms with Crippen LogP contribution in [0, 0.1) is 29.1 Å². The van der Waals surface area contributed by atoms with E-state index < -0.39 is 0 Å². The number of rotatable bonds is 0. The van der Waals surface area contributed by atoms with Gasteiger partial charge >= 0.3 is 0 Å². The maximum atomic E-state index is 11.7. The van der Waals surface area contributed by atoms with Gasteiger partial charge in [0, 0.05) is 11.8 Å². The highest BCUT2D eigenvalue weighted by Gasteiger charge is 2.57. The van der Waals surface area contributed by atoms with Crippen LogP contribution < -0.4 is 0 Å². The molecule has 21 heavy (non-hydrogen) atoms. The van der Waals surface area contributed by atoms with Gasteiger partial charge in [-0.1, -0.05) is 19.1 Å². The van der Waals surface area contributed by atoms with Gasteiger partial charge in [-0.25, -0.2) is 0 Å². The van der Waals surface area contributed by atoms with E-state index in [2.05, 4.69) is 13.5 Å². The third-order valence-corrected chi connectivity index (χ3v) is 7.23. The summed E-state index contributed by atoms with van der Waals surface area (Å²) in [5.41, 5.74) is 2.56. The second kappa shape index (κ2) is 4.55. The summed E-state index contributed by atoms with van der Waals surface area (Å²) >= 11 is 0. The molecule has 0 aromatic carbocycles. The van der Waals surface area contributed by atoms with Crippen molar-refractivity contribution >= 4 is 5.78 Å². The maximum absolute atomic E-state index is 11.7. The smallest absolute Gasteiger partial charge is 0.155 e. The van der Waals surface area contributed by atoms with Crippen molar-refractivity contribution in [3.05, 3.63) is 23.8 Å². The van der Waals surface area contributed by atoms with Crippen LogP contribution in [0.4, 0.5) is 0 Å². The fourth-order valence-corrected chi connectivity index (χ4v) is 6.11. The molecule has 4 rings (SSSR count). The SMILES string of the molecule is C=C1C[C@H]2[C@@H]3CCC4=CC(=O)CC[C@@H]4[C@H]3CC[C@]2(C)[C@H]1O. The molecule has 0 saturated heterocycles. The van der Waals surface area contributed by atoms with Gasteiger partial charge in [0.25, 0.3) is 0 Å². The Morgan fingerprint density at radius 1 is 1.24 bits per heavy atom. The Balaban J connectivity index is 1.65. The molecular weight excluding hydrogens is 260 g/mol. The first-order valence-electron chi connectivity index (χ1n) is 8.60. The Morgan fingerprint density at radius 2 is 2.05 bits per heavy atom. The molecule has 0 aliphatic heterocycles. The number of fused-ring (bicyclic) bond motifs is 5. The molecule has 0 bridgehead atoms. The summed E-state index contributed by atoms with van der Waals surface area (Å²) in [6.07, 6.45) is 9.15. The Morgan fingerprint density at radius 3 is 2.86 bits per heavy atom. The van der Waals surface area contributed by atoms with Crippen molar-refractivity contribution in [2.75, 3.05) is 0 Å². The summed E-state index contributed by atoms with van der Waals surface area (Å²) < 4.78 is 0. The van der Waals surface area contributed by atoms with Gasteiger partial charge in [0.2, 0.25) is 0 Å². The van der Waals surface area contributed by atoms with Gasteiger partial charge < -0.3 is 5.11 Å². The minimum Gasteiger partial charge on any atom is -0.388 e. The summed E-state index contributed by atoms with van der Waals surface area (Å²) in [6, 6.07) is 0. The third kappa shape index (κ3) is 1.84.